The van der Waals surface area contributed by atoms with E-state index in [1.807, 2.05) is 72.4 Å². The summed E-state index contributed by atoms with van der Waals surface area (Å²) in [5.41, 5.74) is 5.69. The molecule has 0 amide bonds. The molecule has 6 rings (SSSR count). The van der Waals surface area contributed by atoms with Gasteiger partial charge in [-0.15, -0.1) is 0 Å². The highest BCUT2D eigenvalue weighted by atomic mass is 16.5. The van der Waals surface area contributed by atoms with Crippen molar-refractivity contribution in [2.75, 3.05) is 25.6 Å². The molecule has 0 bridgehead atoms. The number of carbonyl (C=O) groups excluding carboxylic acids is 2. The van der Waals surface area contributed by atoms with E-state index in [4.69, 9.17) is 14.7 Å². The van der Waals surface area contributed by atoms with Crippen LogP contribution in [0, 0.1) is 5.41 Å². The topological polar surface area (TPSA) is 103 Å². The van der Waals surface area contributed by atoms with E-state index in [2.05, 4.69) is 16.0 Å². The number of hydrogen-bond donors (Lipinski definition) is 0. The number of ketones is 1. The zero-order valence-electron chi connectivity index (χ0n) is 24.4. The first-order valence-electron chi connectivity index (χ1n) is 14.7. The van der Waals surface area contributed by atoms with Gasteiger partial charge in [0.15, 0.2) is 11.7 Å². The van der Waals surface area contributed by atoms with Gasteiger partial charge in [0.1, 0.15) is 17.1 Å². The molecule has 9 heteroatoms. The van der Waals surface area contributed by atoms with E-state index < -0.39 is 11.5 Å². The predicted molar refractivity (Wildman–Crippen MR) is 163 cm³/mol. The molecule has 9 nitrogen and oxygen atoms in total. The molecular formula is C33H36N6O3. The van der Waals surface area contributed by atoms with Crippen LogP contribution in [-0.4, -0.2) is 63.7 Å². The average Bonchev–Trinajstić information content (AvgIpc) is 3.41. The van der Waals surface area contributed by atoms with Gasteiger partial charge in [0.05, 0.1) is 23.9 Å². The van der Waals surface area contributed by atoms with Crippen LogP contribution in [0.2, 0.25) is 0 Å². The Bertz CT molecular complexity index is 1650. The maximum absolute atomic E-state index is 13.0. The largest absolute Gasteiger partial charge is 0.464 e. The number of ether oxygens (including phenoxy) is 1. The lowest BCUT2D eigenvalue weighted by molar-refractivity contribution is -0.144. The van der Waals surface area contributed by atoms with Gasteiger partial charge >= 0.3 is 5.97 Å². The zero-order valence-corrected chi connectivity index (χ0v) is 24.4. The molecule has 0 aliphatic heterocycles. The smallest absolute Gasteiger partial charge is 0.331 e. The third-order valence-corrected chi connectivity index (χ3v) is 8.53. The van der Waals surface area contributed by atoms with Crippen LogP contribution >= 0.6 is 0 Å². The first kappa shape index (κ1) is 27.8. The van der Waals surface area contributed by atoms with Gasteiger partial charge in [0.2, 0.25) is 0 Å². The number of carbonyl (C=O) groups is 2. The number of pyridine rings is 2. The van der Waals surface area contributed by atoms with Crippen LogP contribution in [-0.2, 0) is 20.7 Å². The van der Waals surface area contributed by atoms with Crippen molar-refractivity contribution in [2.45, 2.75) is 57.9 Å². The molecule has 3 heterocycles. The summed E-state index contributed by atoms with van der Waals surface area (Å²) in [5, 5.41) is 0. The van der Waals surface area contributed by atoms with Gasteiger partial charge in [-0.3, -0.25) is 19.3 Å². The summed E-state index contributed by atoms with van der Waals surface area (Å²) < 4.78 is 7.44. The number of rotatable bonds is 8. The number of imidazole rings is 1. The van der Waals surface area contributed by atoms with Gasteiger partial charge in [-0.25, -0.2) is 14.8 Å². The molecule has 216 valence electrons. The summed E-state index contributed by atoms with van der Waals surface area (Å²) in [6, 6.07) is 13.3. The maximum Gasteiger partial charge on any atom is 0.331 e. The molecule has 1 atom stereocenters. The highest BCUT2D eigenvalue weighted by Gasteiger charge is 2.52. The fourth-order valence-corrected chi connectivity index (χ4v) is 6.19. The maximum atomic E-state index is 13.0. The van der Waals surface area contributed by atoms with Crippen LogP contribution in [0.15, 0.2) is 66.0 Å². The third-order valence-electron chi connectivity index (χ3n) is 8.53. The average molecular weight is 565 g/mol. The van der Waals surface area contributed by atoms with Crippen LogP contribution < -0.4 is 4.90 Å². The fourth-order valence-electron chi connectivity index (χ4n) is 6.19. The Labute approximate surface area is 245 Å². The van der Waals surface area contributed by atoms with Crippen LogP contribution in [0.4, 0.5) is 5.69 Å². The van der Waals surface area contributed by atoms with E-state index >= 15 is 0 Å². The molecule has 0 N–H and O–H groups in total. The zero-order chi connectivity index (χ0) is 29.3. The summed E-state index contributed by atoms with van der Waals surface area (Å²) in [6.07, 6.45) is 11.1. The minimum Gasteiger partial charge on any atom is -0.464 e. The Morgan fingerprint density at radius 1 is 1.12 bits per heavy atom. The number of benzene rings is 1. The standard InChI is InChI=1S/C33H36N6O3/c1-4-42-32(41)27(36-28-19-29(40)33(28)14-6-5-7-15-33)17-22-10-12-24(13-11-22)39-30(37-26-9-8-16-35-31(26)39)23-18-25(38(2)3)21-34-20-23/h8-13,16,18,20-21,27H,4-7,14-15,17,19H2,1-3H3/t27-/m0/s1. The second-order valence-electron chi connectivity index (χ2n) is 11.4. The number of hydrogen-bond acceptors (Lipinski definition) is 8. The van der Waals surface area contributed by atoms with Gasteiger partial charge in [-0.2, -0.15) is 0 Å². The van der Waals surface area contributed by atoms with E-state index in [9.17, 15) is 9.59 Å². The molecule has 0 saturated heterocycles. The summed E-state index contributed by atoms with van der Waals surface area (Å²) in [4.78, 5) is 46.6. The number of nitrogens with zero attached hydrogens (tertiary/aromatic N) is 6. The minimum absolute atomic E-state index is 0.274. The van der Waals surface area contributed by atoms with Crippen LogP contribution in [0.3, 0.4) is 0 Å². The van der Waals surface area contributed by atoms with Gasteiger partial charge in [-0.1, -0.05) is 31.4 Å². The van der Waals surface area contributed by atoms with Gasteiger partial charge in [0, 0.05) is 56.3 Å². The highest BCUT2D eigenvalue weighted by molar-refractivity contribution is 6.27. The first-order valence-corrected chi connectivity index (χ1v) is 14.7. The van der Waals surface area contributed by atoms with Crippen molar-refractivity contribution < 1.29 is 14.3 Å². The van der Waals surface area contributed by atoms with Crippen molar-refractivity contribution in [2.24, 2.45) is 10.4 Å². The second-order valence-corrected chi connectivity index (χ2v) is 11.4. The molecule has 2 aliphatic carbocycles. The Morgan fingerprint density at radius 3 is 2.62 bits per heavy atom. The van der Waals surface area contributed by atoms with Crippen LogP contribution in [0.25, 0.3) is 28.2 Å². The quantitative estimate of drug-likeness (QED) is 0.265. The number of aliphatic imine (C=N–C) groups is 1. The Balaban J connectivity index is 1.32. The second kappa shape index (κ2) is 11.5. The normalized spacial score (nSPS) is 17.8. The van der Waals surface area contributed by atoms with Crippen molar-refractivity contribution in [3.63, 3.8) is 0 Å². The number of fused-ring (bicyclic) bond motifs is 1. The molecule has 0 radical (unpaired) electrons. The van der Waals surface area contributed by atoms with E-state index in [1.165, 1.54) is 0 Å². The molecule has 1 aromatic carbocycles. The molecule has 2 aliphatic rings. The van der Waals surface area contributed by atoms with Crippen molar-refractivity contribution in [1.82, 2.24) is 19.5 Å². The minimum atomic E-state index is -0.677. The summed E-state index contributed by atoms with van der Waals surface area (Å²) >= 11 is 0. The SMILES string of the molecule is CCOC(=O)[C@H](Cc1ccc(-n2c(-c3cncc(N(C)C)c3)nc3cccnc32)cc1)N=C1CC(=O)C12CCCCC2. The van der Waals surface area contributed by atoms with Crippen molar-refractivity contribution in [1.29, 1.82) is 0 Å². The van der Waals surface area contributed by atoms with E-state index in [1.54, 1.807) is 13.1 Å². The Morgan fingerprint density at radius 2 is 1.90 bits per heavy atom. The lowest BCUT2D eigenvalue weighted by Gasteiger charge is -2.44. The van der Waals surface area contributed by atoms with E-state index in [0.29, 0.717) is 12.8 Å². The van der Waals surface area contributed by atoms with Crippen molar-refractivity contribution in [3.8, 4) is 17.1 Å². The fraction of sp³-hybridized carbons (Fsp3) is 0.394. The number of aromatic nitrogens is 4. The number of esters is 1. The Hall–Kier alpha value is -4.40. The molecule has 2 fully saturated rings. The van der Waals surface area contributed by atoms with Crippen LogP contribution in [0.1, 0.15) is 51.0 Å². The summed E-state index contributed by atoms with van der Waals surface area (Å²) in [6.45, 7) is 2.09. The van der Waals surface area contributed by atoms with E-state index in [-0.39, 0.29) is 18.4 Å². The number of anilines is 1. The predicted octanol–water partition coefficient (Wildman–Crippen LogP) is 5.39. The summed E-state index contributed by atoms with van der Waals surface area (Å²) in [5.74, 6) is 0.673. The Kier molecular flexibility index (Phi) is 7.58. The summed E-state index contributed by atoms with van der Waals surface area (Å²) in [7, 11) is 3.96. The molecule has 4 aromatic rings. The number of Topliss-reactive ketones (excluding diaryl/α,β-unsaturated/α-hetero) is 1. The molecule has 0 unspecified atom stereocenters. The molecular weight excluding hydrogens is 528 g/mol. The van der Waals surface area contributed by atoms with Gasteiger partial charge in [0.25, 0.3) is 0 Å². The lowest BCUT2D eigenvalue weighted by Crippen LogP contribution is -2.52. The van der Waals surface area contributed by atoms with E-state index in [0.717, 1.165) is 77.3 Å². The van der Waals surface area contributed by atoms with Crippen molar-refractivity contribution in [3.05, 3.63) is 66.6 Å². The molecule has 1 spiro atoms. The third kappa shape index (κ3) is 5.08. The lowest BCUT2D eigenvalue weighted by atomic mass is 9.58. The molecule has 42 heavy (non-hydrogen) atoms. The van der Waals surface area contributed by atoms with Gasteiger partial charge < -0.3 is 9.64 Å². The van der Waals surface area contributed by atoms with Crippen molar-refractivity contribution >= 4 is 34.3 Å². The molecule has 3 aromatic heterocycles. The monoisotopic (exact) mass is 564 g/mol. The highest BCUT2D eigenvalue weighted by Crippen LogP contribution is 2.47. The molecule has 2 saturated carbocycles. The van der Waals surface area contributed by atoms with Crippen LogP contribution in [0.5, 0.6) is 0 Å². The first-order chi connectivity index (χ1) is 20.4. The van der Waals surface area contributed by atoms with Gasteiger partial charge in [-0.05, 0) is 55.7 Å².